The number of nitrogens with zero attached hydrogens (tertiary/aromatic N) is 4. The Balaban J connectivity index is 2.26. The first-order valence-electron chi connectivity index (χ1n) is 5.92. The highest BCUT2D eigenvalue weighted by Gasteiger charge is 2.20. The first kappa shape index (κ1) is 14.0. The van der Waals surface area contributed by atoms with Crippen LogP contribution in [-0.4, -0.2) is 9.91 Å². The zero-order chi connectivity index (χ0) is 15.2. The maximum Gasteiger partial charge on any atom is 0.328 e. The third-order valence-electron chi connectivity index (χ3n) is 2.74. The Kier molecular flexibility index (Phi) is 4.08. The number of rotatable bonds is 4. The second-order valence-electron chi connectivity index (χ2n) is 4.09. The summed E-state index contributed by atoms with van der Waals surface area (Å²) in [5.74, 6) is 0.0291. The molecule has 0 bridgehead atoms. The van der Waals surface area contributed by atoms with Crippen LogP contribution in [0.1, 0.15) is 16.7 Å². The number of hydrogen-bond donors (Lipinski definition) is 1. The van der Waals surface area contributed by atoms with Gasteiger partial charge in [-0.2, -0.15) is 10.5 Å². The summed E-state index contributed by atoms with van der Waals surface area (Å²) < 4.78 is 0. The molecular weight excluding hydrogens is 270 g/mol. The van der Waals surface area contributed by atoms with E-state index in [4.69, 9.17) is 10.5 Å². The highest BCUT2D eigenvalue weighted by atomic mass is 16.6. The van der Waals surface area contributed by atoms with E-state index < -0.39 is 4.92 Å². The van der Waals surface area contributed by atoms with Crippen molar-refractivity contribution < 1.29 is 4.92 Å². The fourth-order valence-electron chi connectivity index (χ4n) is 1.79. The number of nitriles is 2. The molecule has 0 aliphatic rings. The van der Waals surface area contributed by atoms with Gasteiger partial charge < -0.3 is 5.32 Å². The summed E-state index contributed by atoms with van der Waals surface area (Å²) in [6.07, 6.45) is 1.33. The molecule has 0 amide bonds. The minimum Gasteiger partial charge on any atom is -0.360 e. The zero-order valence-corrected chi connectivity index (χ0v) is 10.8. The molecule has 0 radical (unpaired) electrons. The van der Waals surface area contributed by atoms with E-state index in [9.17, 15) is 10.1 Å². The van der Waals surface area contributed by atoms with Crippen LogP contribution in [0.2, 0.25) is 0 Å². The SMILES string of the molecule is N#Cc1cccc(CNc2nccc(C#N)c2[N+](=O)[O-])c1. The van der Waals surface area contributed by atoms with E-state index in [0.29, 0.717) is 5.56 Å². The predicted octanol–water partition coefficient (Wildman–Crippen LogP) is 2.35. The van der Waals surface area contributed by atoms with Gasteiger partial charge in [-0.15, -0.1) is 0 Å². The van der Waals surface area contributed by atoms with Gasteiger partial charge in [-0.05, 0) is 23.8 Å². The minimum atomic E-state index is -0.639. The number of aromatic nitrogens is 1. The lowest BCUT2D eigenvalue weighted by Crippen LogP contribution is -2.06. The fourth-order valence-corrected chi connectivity index (χ4v) is 1.79. The van der Waals surface area contributed by atoms with Gasteiger partial charge in [0.15, 0.2) is 0 Å². The molecule has 1 aromatic carbocycles. The average Bonchev–Trinajstić information content (AvgIpc) is 2.52. The Bertz CT molecular complexity index is 774. The van der Waals surface area contributed by atoms with Gasteiger partial charge in [0.2, 0.25) is 5.82 Å². The summed E-state index contributed by atoms with van der Waals surface area (Å²) >= 11 is 0. The summed E-state index contributed by atoms with van der Waals surface area (Å²) in [5.41, 5.74) is 0.884. The van der Waals surface area contributed by atoms with E-state index in [1.165, 1.54) is 12.3 Å². The monoisotopic (exact) mass is 279 g/mol. The number of hydrogen-bond acceptors (Lipinski definition) is 6. The number of benzene rings is 1. The minimum absolute atomic E-state index is 0.0291. The molecule has 0 saturated heterocycles. The van der Waals surface area contributed by atoms with Crippen molar-refractivity contribution in [3.63, 3.8) is 0 Å². The highest BCUT2D eigenvalue weighted by molar-refractivity contribution is 5.64. The van der Waals surface area contributed by atoms with Crippen LogP contribution in [0, 0.1) is 32.8 Å². The summed E-state index contributed by atoms with van der Waals surface area (Å²) in [4.78, 5) is 14.3. The van der Waals surface area contributed by atoms with Crippen LogP contribution < -0.4 is 5.32 Å². The third-order valence-corrected chi connectivity index (χ3v) is 2.74. The highest BCUT2D eigenvalue weighted by Crippen LogP contribution is 2.26. The third kappa shape index (κ3) is 3.11. The molecule has 0 unspecified atom stereocenters. The fraction of sp³-hybridized carbons (Fsp3) is 0.0714. The maximum absolute atomic E-state index is 11.0. The van der Waals surface area contributed by atoms with Gasteiger partial charge in [0.05, 0.1) is 16.6 Å². The molecule has 0 spiro atoms. The van der Waals surface area contributed by atoms with Crippen molar-refractivity contribution in [2.24, 2.45) is 0 Å². The van der Waals surface area contributed by atoms with Gasteiger partial charge in [-0.3, -0.25) is 10.1 Å². The molecule has 102 valence electrons. The Labute approximate surface area is 120 Å². The van der Waals surface area contributed by atoms with Crippen molar-refractivity contribution in [3.05, 3.63) is 63.3 Å². The van der Waals surface area contributed by atoms with Gasteiger partial charge in [0.25, 0.3) is 0 Å². The maximum atomic E-state index is 11.0. The molecule has 1 aromatic heterocycles. The topological polar surface area (TPSA) is 116 Å². The van der Waals surface area contributed by atoms with Crippen LogP contribution in [0.5, 0.6) is 0 Å². The molecule has 2 rings (SSSR count). The second-order valence-corrected chi connectivity index (χ2v) is 4.09. The van der Waals surface area contributed by atoms with Crippen LogP contribution in [0.15, 0.2) is 36.5 Å². The van der Waals surface area contributed by atoms with Crippen LogP contribution in [-0.2, 0) is 6.54 Å². The van der Waals surface area contributed by atoms with Gasteiger partial charge >= 0.3 is 5.69 Å². The quantitative estimate of drug-likeness (QED) is 0.678. The van der Waals surface area contributed by atoms with E-state index in [0.717, 1.165) is 5.56 Å². The molecule has 7 heteroatoms. The summed E-state index contributed by atoms with van der Waals surface area (Å²) in [6, 6.07) is 11.9. The molecule has 7 nitrogen and oxygen atoms in total. The first-order chi connectivity index (χ1) is 10.2. The summed E-state index contributed by atoms with van der Waals surface area (Å²) in [6.45, 7) is 0.262. The molecule has 0 aliphatic carbocycles. The number of pyridine rings is 1. The molecule has 0 aliphatic heterocycles. The average molecular weight is 279 g/mol. The zero-order valence-electron chi connectivity index (χ0n) is 10.8. The standard InChI is InChI=1S/C14H9N5O2/c15-7-10-2-1-3-11(6-10)9-18-14-13(19(20)21)12(8-16)4-5-17-14/h1-6H,9H2,(H,17,18). The molecule has 2 aromatic rings. The van der Waals surface area contributed by atoms with E-state index in [2.05, 4.69) is 10.3 Å². The second kappa shape index (κ2) is 6.13. The Hall–Kier alpha value is -3.45. The van der Waals surface area contributed by atoms with Crippen molar-refractivity contribution in [3.8, 4) is 12.1 Å². The van der Waals surface area contributed by atoms with E-state index in [-0.39, 0.29) is 23.6 Å². The van der Waals surface area contributed by atoms with Crippen LogP contribution in [0.3, 0.4) is 0 Å². The van der Waals surface area contributed by atoms with Crippen molar-refractivity contribution >= 4 is 11.5 Å². The van der Waals surface area contributed by atoms with E-state index in [1.807, 2.05) is 6.07 Å². The predicted molar refractivity (Wildman–Crippen MR) is 74.1 cm³/mol. The smallest absolute Gasteiger partial charge is 0.328 e. The number of anilines is 1. The molecule has 0 saturated carbocycles. The van der Waals surface area contributed by atoms with E-state index >= 15 is 0 Å². The van der Waals surface area contributed by atoms with Crippen molar-refractivity contribution in [2.45, 2.75) is 6.54 Å². The lowest BCUT2D eigenvalue weighted by Gasteiger charge is -2.07. The summed E-state index contributed by atoms with van der Waals surface area (Å²) in [5, 5.41) is 31.6. The van der Waals surface area contributed by atoms with Gasteiger partial charge in [-0.25, -0.2) is 4.98 Å². The van der Waals surface area contributed by atoms with E-state index in [1.54, 1.807) is 30.3 Å². The Morgan fingerprint density at radius 2 is 2.10 bits per heavy atom. The van der Waals surface area contributed by atoms with Crippen molar-refractivity contribution in [2.75, 3.05) is 5.32 Å². The largest absolute Gasteiger partial charge is 0.360 e. The normalized spacial score (nSPS) is 9.43. The van der Waals surface area contributed by atoms with Crippen LogP contribution >= 0.6 is 0 Å². The Morgan fingerprint density at radius 1 is 1.29 bits per heavy atom. The van der Waals surface area contributed by atoms with Crippen LogP contribution in [0.25, 0.3) is 0 Å². The number of nitro groups is 1. The lowest BCUT2D eigenvalue weighted by molar-refractivity contribution is -0.384. The van der Waals surface area contributed by atoms with Gasteiger partial charge in [0.1, 0.15) is 11.6 Å². The molecule has 1 N–H and O–H groups in total. The Morgan fingerprint density at radius 3 is 2.76 bits per heavy atom. The van der Waals surface area contributed by atoms with Crippen LogP contribution in [0.4, 0.5) is 11.5 Å². The molecule has 1 heterocycles. The first-order valence-corrected chi connectivity index (χ1v) is 5.92. The van der Waals surface area contributed by atoms with Crippen molar-refractivity contribution in [1.82, 2.24) is 4.98 Å². The molecular formula is C14H9N5O2. The molecule has 21 heavy (non-hydrogen) atoms. The number of nitrogens with one attached hydrogen (secondary N) is 1. The lowest BCUT2D eigenvalue weighted by atomic mass is 10.1. The molecule has 0 fully saturated rings. The van der Waals surface area contributed by atoms with Gasteiger partial charge in [0, 0.05) is 12.7 Å². The van der Waals surface area contributed by atoms with Crippen molar-refractivity contribution in [1.29, 1.82) is 10.5 Å². The van der Waals surface area contributed by atoms with Gasteiger partial charge in [-0.1, -0.05) is 12.1 Å². The molecule has 0 atom stereocenters. The summed E-state index contributed by atoms with van der Waals surface area (Å²) in [7, 11) is 0.